The minimum absolute atomic E-state index is 0.00955. The van der Waals surface area contributed by atoms with Crippen molar-refractivity contribution in [3.8, 4) is 23.6 Å². The summed E-state index contributed by atoms with van der Waals surface area (Å²) in [6, 6.07) is 3.00. The summed E-state index contributed by atoms with van der Waals surface area (Å²) in [5.41, 5.74) is -0.424. The Labute approximate surface area is 193 Å². The molecule has 2 aromatic rings. The molecule has 0 aromatic carbocycles. The van der Waals surface area contributed by atoms with Crippen molar-refractivity contribution in [2.45, 2.75) is 72.5 Å². The van der Waals surface area contributed by atoms with Crippen LogP contribution >= 0.6 is 0 Å². The molecule has 0 aliphatic rings. The predicted octanol–water partition coefficient (Wildman–Crippen LogP) is 4.61. The second kappa shape index (κ2) is 9.45. The lowest BCUT2D eigenvalue weighted by atomic mass is 10.0. The highest BCUT2D eigenvalue weighted by Gasteiger charge is 2.35. The van der Waals surface area contributed by atoms with Gasteiger partial charge in [-0.2, -0.15) is 4.90 Å². The molecular formula is C24H30N4O5. The van der Waals surface area contributed by atoms with Crippen LogP contribution in [0.15, 0.2) is 23.1 Å². The Morgan fingerprint density at radius 1 is 1.06 bits per heavy atom. The zero-order valence-electron chi connectivity index (χ0n) is 20.3. The number of terminal acetylenes is 1. The lowest BCUT2D eigenvalue weighted by Gasteiger charge is -2.28. The molecule has 176 valence electrons. The van der Waals surface area contributed by atoms with E-state index in [1.807, 2.05) is 13.8 Å². The van der Waals surface area contributed by atoms with Gasteiger partial charge in [-0.3, -0.25) is 4.79 Å². The number of aromatic nitrogens is 3. The number of aromatic amines is 1. The summed E-state index contributed by atoms with van der Waals surface area (Å²) in [6.07, 6.45) is 5.05. The molecule has 2 amide bonds. The van der Waals surface area contributed by atoms with Crippen molar-refractivity contribution in [1.82, 2.24) is 15.0 Å². The second-order valence-electron chi connectivity index (χ2n) is 9.67. The van der Waals surface area contributed by atoms with Gasteiger partial charge in [-0.15, -0.1) is 6.42 Å². The highest BCUT2D eigenvalue weighted by molar-refractivity contribution is 6.09. The number of anilines is 1. The van der Waals surface area contributed by atoms with Crippen molar-refractivity contribution >= 4 is 18.0 Å². The van der Waals surface area contributed by atoms with E-state index in [4.69, 9.17) is 15.9 Å². The summed E-state index contributed by atoms with van der Waals surface area (Å²) in [6.45, 7) is 13.8. The molecule has 9 heteroatoms. The Kier molecular flexibility index (Phi) is 7.32. The first-order valence-electron chi connectivity index (χ1n) is 10.5. The van der Waals surface area contributed by atoms with Gasteiger partial charge in [0.2, 0.25) is 5.56 Å². The fraction of sp³-hybridized carbons (Fsp3) is 0.458. The number of hydrogen-bond acceptors (Lipinski definition) is 7. The molecule has 0 fully saturated rings. The molecule has 0 saturated carbocycles. The van der Waals surface area contributed by atoms with Crippen LogP contribution in [0.2, 0.25) is 0 Å². The molecule has 2 aromatic heterocycles. The highest BCUT2D eigenvalue weighted by atomic mass is 16.6. The van der Waals surface area contributed by atoms with Crippen LogP contribution in [-0.2, 0) is 9.47 Å². The van der Waals surface area contributed by atoms with Crippen molar-refractivity contribution < 1.29 is 19.1 Å². The maximum Gasteiger partial charge on any atom is 0.425 e. The van der Waals surface area contributed by atoms with Crippen molar-refractivity contribution in [2.75, 3.05) is 4.90 Å². The van der Waals surface area contributed by atoms with Crippen molar-refractivity contribution in [3.05, 3.63) is 40.1 Å². The van der Waals surface area contributed by atoms with E-state index in [9.17, 15) is 14.4 Å². The molecular weight excluding hydrogens is 424 g/mol. The third kappa shape index (κ3) is 6.65. The third-order valence-electron chi connectivity index (χ3n) is 4.06. The number of amides is 2. The van der Waals surface area contributed by atoms with Crippen LogP contribution in [0.4, 0.5) is 15.4 Å². The van der Waals surface area contributed by atoms with E-state index in [1.165, 1.54) is 12.3 Å². The lowest BCUT2D eigenvalue weighted by molar-refractivity contribution is 0.0428. The smallest absolute Gasteiger partial charge is 0.425 e. The average molecular weight is 455 g/mol. The summed E-state index contributed by atoms with van der Waals surface area (Å²) >= 11 is 0. The maximum atomic E-state index is 12.9. The van der Waals surface area contributed by atoms with Gasteiger partial charge in [-0.25, -0.2) is 19.6 Å². The first-order chi connectivity index (χ1) is 15.1. The maximum absolute atomic E-state index is 12.9. The summed E-state index contributed by atoms with van der Waals surface area (Å²) in [4.78, 5) is 49.8. The summed E-state index contributed by atoms with van der Waals surface area (Å²) in [7, 11) is 0. The molecule has 0 aliphatic heterocycles. The number of H-pyrrole nitrogens is 1. The van der Waals surface area contributed by atoms with Gasteiger partial charge < -0.3 is 14.5 Å². The molecule has 0 unspecified atom stereocenters. The molecule has 9 nitrogen and oxygen atoms in total. The summed E-state index contributed by atoms with van der Waals surface area (Å²) < 4.78 is 10.8. The molecule has 0 radical (unpaired) electrons. The molecule has 0 spiro atoms. The monoisotopic (exact) mass is 454 g/mol. The third-order valence-corrected chi connectivity index (χ3v) is 4.06. The Hall–Kier alpha value is -3.67. The number of nitrogens with zero attached hydrogens (tertiary/aromatic N) is 3. The topological polar surface area (TPSA) is 114 Å². The van der Waals surface area contributed by atoms with Crippen LogP contribution in [0, 0.1) is 12.3 Å². The largest absolute Gasteiger partial charge is 0.443 e. The minimum Gasteiger partial charge on any atom is -0.443 e. The molecule has 2 rings (SSSR count). The van der Waals surface area contributed by atoms with Gasteiger partial charge in [0.1, 0.15) is 11.2 Å². The SMILES string of the molecule is C#Cc1nc(-c2ccc(=O)[nH]c2C(C)C)cnc1N(C(=O)OC(C)(C)C)C(=O)OC(C)(C)C. The molecule has 0 atom stereocenters. The van der Waals surface area contributed by atoms with Crippen LogP contribution in [0.5, 0.6) is 0 Å². The fourth-order valence-corrected chi connectivity index (χ4v) is 2.80. The van der Waals surface area contributed by atoms with Gasteiger partial charge in [0, 0.05) is 17.3 Å². The fourth-order valence-electron chi connectivity index (χ4n) is 2.80. The minimum atomic E-state index is -0.998. The average Bonchev–Trinajstić information content (AvgIpc) is 2.65. The highest BCUT2D eigenvalue weighted by Crippen LogP contribution is 2.28. The van der Waals surface area contributed by atoms with Crippen LogP contribution in [0.1, 0.15) is 72.7 Å². The lowest BCUT2D eigenvalue weighted by Crippen LogP contribution is -2.44. The first kappa shape index (κ1) is 25.6. The van der Waals surface area contributed by atoms with E-state index < -0.39 is 23.4 Å². The second-order valence-corrected chi connectivity index (χ2v) is 9.67. The van der Waals surface area contributed by atoms with Gasteiger partial charge in [-0.05, 0) is 59.4 Å². The van der Waals surface area contributed by atoms with Crippen LogP contribution in [0.3, 0.4) is 0 Å². The quantitative estimate of drug-likeness (QED) is 0.673. The molecule has 0 bridgehead atoms. The molecule has 0 aliphatic carbocycles. The van der Waals surface area contributed by atoms with Gasteiger partial charge in [0.05, 0.1) is 11.9 Å². The van der Waals surface area contributed by atoms with Crippen molar-refractivity contribution in [2.24, 2.45) is 0 Å². The summed E-state index contributed by atoms with van der Waals surface area (Å²) in [5, 5.41) is 0. The van der Waals surface area contributed by atoms with Gasteiger partial charge in [0.25, 0.3) is 0 Å². The number of hydrogen-bond donors (Lipinski definition) is 1. The van der Waals surface area contributed by atoms with E-state index in [2.05, 4.69) is 20.9 Å². The van der Waals surface area contributed by atoms with Crippen molar-refractivity contribution in [1.29, 1.82) is 0 Å². The van der Waals surface area contributed by atoms with Gasteiger partial charge in [-0.1, -0.05) is 13.8 Å². The number of nitrogens with one attached hydrogen (secondary N) is 1. The van der Waals surface area contributed by atoms with E-state index in [0.717, 1.165) is 0 Å². The number of pyridine rings is 1. The normalized spacial score (nSPS) is 11.6. The zero-order valence-corrected chi connectivity index (χ0v) is 20.3. The Morgan fingerprint density at radius 2 is 1.61 bits per heavy atom. The molecule has 2 heterocycles. The standard InChI is InChI=1S/C24H30N4O5/c1-10-16-20(28(21(30)32-23(4,5)6)22(31)33-24(7,8)9)25-13-17(26-16)15-11-12-18(29)27-19(15)14(2)3/h1,11-14H,2-9H3,(H,27,29). The molecule has 33 heavy (non-hydrogen) atoms. The van der Waals surface area contributed by atoms with E-state index >= 15 is 0 Å². The van der Waals surface area contributed by atoms with Gasteiger partial charge in [0.15, 0.2) is 11.5 Å². The van der Waals surface area contributed by atoms with Crippen LogP contribution in [-0.4, -0.2) is 38.3 Å². The first-order valence-corrected chi connectivity index (χ1v) is 10.5. The van der Waals surface area contributed by atoms with E-state index in [0.29, 0.717) is 21.9 Å². The molecule has 0 saturated heterocycles. The zero-order chi connectivity index (χ0) is 25.1. The number of imide groups is 1. The predicted molar refractivity (Wildman–Crippen MR) is 125 cm³/mol. The molecule has 1 N–H and O–H groups in total. The Bertz CT molecular complexity index is 1120. The Morgan fingerprint density at radius 3 is 2.06 bits per heavy atom. The van der Waals surface area contributed by atoms with Gasteiger partial charge >= 0.3 is 12.2 Å². The summed E-state index contributed by atoms with van der Waals surface area (Å²) in [5.74, 6) is 2.18. The number of carbonyl (C=O) groups excluding carboxylic acids is 2. The van der Waals surface area contributed by atoms with Crippen LogP contribution in [0.25, 0.3) is 11.3 Å². The van der Waals surface area contributed by atoms with Crippen LogP contribution < -0.4 is 10.5 Å². The van der Waals surface area contributed by atoms with E-state index in [-0.39, 0.29) is 23.0 Å². The van der Waals surface area contributed by atoms with E-state index in [1.54, 1.807) is 47.6 Å². The van der Waals surface area contributed by atoms with Crippen molar-refractivity contribution in [3.63, 3.8) is 0 Å². The number of rotatable bonds is 3. The number of carbonyl (C=O) groups is 2. The number of ether oxygens (including phenoxy) is 2. The Balaban J connectivity index is 2.64.